The molecule has 17 heavy (non-hydrogen) atoms. The van der Waals surface area contributed by atoms with Gasteiger partial charge in [-0.25, -0.2) is 0 Å². The second-order valence-corrected chi connectivity index (χ2v) is 7.20. The summed E-state index contributed by atoms with van der Waals surface area (Å²) in [4.78, 5) is 1.16. The number of benzene rings is 1. The van der Waals surface area contributed by atoms with Gasteiger partial charge in [0, 0.05) is 25.4 Å². The largest absolute Gasteiger partial charge is 0.379 e. The van der Waals surface area contributed by atoms with E-state index in [0.717, 1.165) is 30.4 Å². The molecule has 0 saturated carbocycles. The van der Waals surface area contributed by atoms with E-state index in [2.05, 4.69) is 37.2 Å². The molecule has 0 aliphatic rings. The molecule has 1 aromatic carbocycles. The van der Waals surface area contributed by atoms with Crippen molar-refractivity contribution in [3.8, 4) is 0 Å². The summed E-state index contributed by atoms with van der Waals surface area (Å²) in [5.74, 6) is 0. The monoisotopic (exact) mass is 413 g/mol. The highest BCUT2D eigenvalue weighted by atomic mass is 79.9. The lowest BCUT2D eigenvalue weighted by Gasteiger charge is -2.07. The van der Waals surface area contributed by atoms with Crippen LogP contribution in [0.1, 0.15) is 4.88 Å². The van der Waals surface area contributed by atoms with Gasteiger partial charge in [0.1, 0.15) is 4.34 Å². The average Bonchev–Trinajstić information content (AvgIpc) is 2.60. The Kier molecular flexibility index (Phi) is 4.78. The van der Waals surface area contributed by atoms with Gasteiger partial charge in [0.2, 0.25) is 0 Å². The Morgan fingerprint density at radius 2 is 1.88 bits per heavy atom. The molecule has 0 amide bonds. The molecule has 0 saturated heterocycles. The Balaban J connectivity index is 2.09. The van der Waals surface area contributed by atoms with Gasteiger partial charge < -0.3 is 5.32 Å². The molecule has 2 rings (SSSR count). The first-order valence-electron chi connectivity index (χ1n) is 4.69. The Morgan fingerprint density at radius 3 is 2.53 bits per heavy atom. The van der Waals surface area contributed by atoms with E-state index in [1.807, 2.05) is 24.3 Å². The molecule has 1 aromatic heterocycles. The van der Waals surface area contributed by atoms with Crippen molar-refractivity contribution in [1.29, 1.82) is 0 Å². The first-order chi connectivity index (χ1) is 8.06. The summed E-state index contributed by atoms with van der Waals surface area (Å²) < 4.78 is 2.70. The Bertz CT molecular complexity index is 523. The molecule has 0 fully saturated rings. The second-order valence-electron chi connectivity index (χ2n) is 3.31. The molecule has 0 aliphatic carbocycles. The zero-order chi connectivity index (χ0) is 12.4. The number of halogens is 4. The molecule has 90 valence electrons. The molecular formula is C11H7Br2Cl2NS. The van der Waals surface area contributed by atoms with Crippen LogP contribution in [-0.4, -0.2) is 0 Å². The van der Waals surface area contributed by atoms with E-state index in [0.29, 0.717) is 5.02 Å². The number of anilines is 1. The van der Waals surface area contributed by atoms with Crippen LogP contribution in [0.3, 0.4) is 0 Å². The SMILES string of the molecule is Clc1ccc(Br)c(NCc2cc(Br)c(Cl)s2)c1. The lowest BCUT2D eigenvalue weighted by Crippen LogP contribution is -1.97. The van der Waals surface area contributed by atoms with Gasteiger partial charge in [0.05, 0.1) is 5.69 Å². The lowest BCUT2D eigenvalue weighted by molar-refractivity contribution is 1.19. The third kappa shape index (κ3) is 3.61. The van der Waals surface area contributed by atoms with Crippen LogP contribution in [0.25, 0.3) is 0 Å². The third-order valence-corrected chi connectivity index (χ3v) is 5.48. The highest BCUT2D eigenvalue weighted by Crippen LogP contribution is 2.33. The molecule has 1 heterocycles. The minimum atomic E-state index is 0.709. The zero-order valence-electron chi connectivity index (χ0n) is 8.44. The molecule has 0 unspecified atom stereocenters. The minimum absolute atomic E-state index is 0.709. The van der Waals surface area contributed by atoms with E-state index in [4.69, 9.17) is 23.2 Å². The summed E-state index contributed by atoms with van der Waals surface area (Å²) in [7, 11) is 0. The van der Waals surface area contributed by atoms with Gasteiger partial charge in [-0.15, -0.1) is 11.3 Å². The highest BCUT2D eigenvalue weighted by Gasteiger charge is 2.05. The van der Waals surface area contributed by atoms with Gasteiger partial charge >= 0.3 is 0 Å². The summed E-state index contributed by atoms with van der Waals surface area (Å²) in [5, 5.41) is 4.02. The van der Waals surface area contributed by atoms with Crippen molar-refractivity contribution >= 4 is 72.1 Å². The minimum Gasteiger partial charge on any atom is -0.379 e. The van der Waals surface area contributed by atoms with Crippen LogP contribution in [0.15, 0.2) is 33.2 Å². The number of hydrogen-bond acceptors (Lipinski definition) is 2. The van der Waals surface area contributed by atoms with Gasteiger partial charge in [-0.2, -0.15) is 0 Å². The molecule has 1 N–H and O–H groups in total. The zero-order valence-corrected chi connectivity index (χ0v) is 13.9. The van der Waals surface area contributed by atoms with Crippen LogP contribution < -0.4 is 5.32 Å². The molecular weight excluding hydrogens is 409 g/mol. The Labute approximate surface area is 130 Å². The van der Waals surface area contributed by atoms with Crippen molar-refractivity contribution in [2.75, 3.05) is 5.32 Å². The van der Waals surface area contributed by atoms with E-state index in [-0.39, 0.29) is 0 Å². The third-order valence-electron chi connectivity index (χ3n) is 2.08. The summed E-state index contributed by atoms with van der Waals surface area (Å²) in [6.07, 6.45) is 0. The standard InChI is InChI=1S/C11H7Br2Cl2NS/c12-8-2-1-6(14)3-10(8)16-5-7-4-9(13)11(15)17-7/h1-4,16H,5H2. The normalized spacial score (nSPS) is 10.6. The molecule has 2 aromatic rings. The van der Waals surface area contributed by atoms with Crippen LogP contribution in [-0.2, 0) is 6.54 Å². The molecule has 0 radical (unpaired) electrons. The topological polar surface area (TPSA) is 12.0 Å². The van der Waals surface area contributed by atoms with Crippen LogP contribution >= 0.6 is 66.4 Å². The molecule has 0 aliphatic heterocycles. The van der Waals surface area contributed by atoms with Crippen molar-refractivity contribution in [3.63, 3.8) is 0 Å². The maximum Gasteiger partial charge on any atom is 0.107 e. The maximum atomic E-state index is 5.98. The molecule has 1 nitrogen and oxygen atoms in total. The fourth-order valence-corrected chi connectivity index (χ4v) is 3.58. The van der Waals surface area contributed by atoms with E-state index in [1.54, 1.807) is 11.3 Å². The average molecular weight is 416 g/mol. The number of hydrogen-bond donors (Lipinski definition) is 1. The van der Waals surface area contributed by atoms with E-state index in [1.165, 1.54) is 0 Å². The van der Waals surface area contributed by atoms with Crippen LogP contribution in [0, 0.1) is 0 Å². The highest BCUT2D eigenvalue weighted by molar-refractivity contribution is 9.11. The van der Waals surface area contributed by atoms with E-state index < -0.39 is 0 Å². The van der Waals surface area contributed by atoms with Gasteiger partial charge in [-0.05, 0) is 56.1 Å². The quantitative estimate of drug-likeness (QED) is 0.630. The van der Waals surface area contributed by atoms with Crippen LogP contribution in [0.2, 0.25) is 9.36 Å². The van der Waals surface area contributed by atoms with Gasteiger partial charge in [0.15, 0.2) is 0 Å². The number of rotatable bonds is 3. The van der Waals surface area contributed by atoms with Crippen molar-refractivity contribution in [1.82, 2.24) is 0 Å². The van der Waals surface area contributed by atoms with E-state index >= 15 is 0 Å². The molecule has 0 spiro atoms. The van der Waals surface area contributed by atoms with Crippen LogP contribution in [0.4, 0.5) is 5.69 Å². The van der Waals surface area contributed by atoms with Gasteiger partial charge in [0.25, 0.3) is 0 Å². The first-order valence-corrected chi connectivity index (χ1v) is 7.85. The fourth-order valence-electron chi connectivity index (χ4n) is 1.29. The van der Waals surface area contributed by atoms with Gasteiger partial charge in [-0.1, -0.05) is 23.2 Å². The van der Waals surface area contributed by atoms with Crippen LogP contribution in [0.5, 0.6) is 0 Å². The molecule has 0 atom stereocenters. The van der Waals surface area contributed by atoms with Crippen molar-refractivity contribution in [2.24, 2.45) is 0 Å². The van der Waals surface area contributed by atoms with Crippen molar-refractivity contribution in [2.45, 2.75) is 6.54 Å². The Hall–Kier alpha value is 0.260. The Morgan fingerprint density at radius 1 is 1.12 bits per heavy atom. The summed E-state index contributed by atoms with van der Waals surface area (Å²) in [5.41, 5.74) is 0.971. The van der Waals surface area contributed by atoms with Crippen molar-refractivity contribution < 1.29 is 0 Å². The first kappa shape index (κ1) is 13.7. The van der Waals surface area contributed by atoms with Gasteiger partial charge in [-0.3, -0.25) is 0 Å². The number of nitrogens with one attached hydrogen (secondary N) is 1. The summed E-state index contributed by atoms with van der Waals surface area (Å²) in [6.45, 7) is 0.717. The predicted octanol–water partition coefficient (Wildman–Crippen LogP) is 6.19. The lowest BCUT2D eigenvalue weighted by atomic mass is 10.3. The second kappa shape index (κ2) is 5.93. The fraction of sp³-hybridized carbons (Fsp3) is 0.0909. The molecule has 6 heteroatoms. The summed E-state index contributed by atoms with van der Waals surface area (Å²) in [6, 6.07) is 7.66. The predicted molar refractivity (Wildman–Crippen MR) is 83.5 cm³/mol. The molecule has 0 bridgehead atoms. The van der Waals surface area contributed by atoms with Crippen molar-refractivity contribution in [3.05, 3.63) is 47.4 Å². The summed E-state index contributed by atoms with van der Waals surface area (Å²) >= 11 is 20.3. The van der Waals surface area contributed by atoms with E-state index in [9.17, 15) is 0 Å². The maximum absolute atomic E-state index is 5.98. The number of thiophene rings is 1. The smallest absolute Gasteiger partial charge is 0.107 e.